The Hall–Kier alpha value is -0.260. The molecule has 0 aliphatic carbocycles. The molecule has 0 nitrogen and oxygen atoms in total. The van der Waals surface area contributed by atoms with Gasteiger partial charge in [0.2, 0.25) is 0 Å². The Balaban J connectivity index is 3.03. The van der Waals surface area contributed by atoms with Gasteiger partial charge in [-0.2, -0.15) is 0 Å². The molecule has 0 aliphatic heterocycles. The van der Waals surface area contributed by atoms with E-state index in [1.54, 1.807) is 0 Å². The maximum Gasteiger partial charge on any atom is -0.00630 e. The lowest BCUT2D eigenvalue weighted by molar-refractivity contribution is 0.812. The maximum atomic E-state index is 5.39. The highest BCUT2D eigenvalue weighted by Gasteiger charge is 1.78. The van der Waals surface area contributed by atoms with Crippen LogP contribution in [0, 0.1) is 6.92 Å². The van der Waals surface area contributed by atoms with E-state index in [1.807, 2.05) is 6.92 Å². The van der Waals surface area contributed by atoms with Gasteiger partial charge in [0.25, 0.3) is 0 Å². The van der Waals surface area contributed by atoms with Crippen molar-refractivity contribution in [1.29, 1.82) is 0 Å². The summed E-state index contributed by atoms with van der Waals surface area (Å²) in [5.74, 6) is 0. The molecule has 8 heavy (non-hydrogen) atoms. The molecule has 0 unspecified atom stereocenters. The Kier molecular flexibility index (Phi) is 4.73. The first-order valence-electron chi connectivity index (χ1n) is 3.19. The molecule has 0 bridgehead atoms. The Morgan fingerprint density at radius 3 is 2.62 bits per heavy atom. The molecule has 0 heterocycles. The van der Waals surface area contributed by atoms with Crippen LogP contribution in [0.2, 0.25) is 0 Å². The Labute approximate surface area is 52.6 Å². The summed E-state index contributed by atoms with van der Waals surface area (Å²) < 4.78 is 0. The van der Waals surface area contributed by atoms with Crippen molar-refractivity contribution in [3.63, 3.8) is 0 Å². The van der Waals surface area contributed by atoms with Crippen molar-refractivity contribution < 1.29 is 0 Å². The second-order valence-electron chi connectivity index (χ2n) is 2.09. The summed E-state index contributed by atoms with van der Waals surface area (Å²) in [5, 5.41) is 0. The van der Waals surface area contributed by atoms with Crippen molar-refractivity contribution in [2.24, 2.45) is 0 Å². The average molecular weight is 110 g/mol. The molecule has 0 heteroatoms. The molecule has 0 fully saturated rings. The SMILES string of the molecule is [CH]C(C)=CCCCC. The zero-order valence-electron chi connectivity index (χ0n) is 5.78. The van der Waals surface area contributed by atoms with Crippen LogP contribution >= 0.6 is 0 Å². The molecule has 0 aliphatic rings. The van der Waals surface area contributed by atoms with Gasteiger partial charge in [0.15, 0.2) is 0 Å². The van der Waals surface area contributed by atoms with Crippen molar-refractivity contribution in [3.05, 3.63) is 18.6 Å². The quantitative estimate of drug-likeness (QED) is 0.490. The van der Waals surface area contributed by atoms with Crippen molar-refractivity contribution in [2.45, 2.75) is 33.1 Å². The maximum absolute atomic E-state index is 5.39. The molecule has 0 aromatic heterocycles. The van der Waals surface area contributed by atoms with Gasteiger partial charge in [0.05, 0.1) is 0 Å². The lowest BCUT2D eigenvalue weighted by Gasteiger charge is -1.88. The van der Waals surface area contributed by atoms with Gasteiger partial charge in [-0.15, -0.1) is 0 Å². The number of rotatable bonds is 3. The van der Waals surface area contributed by atoms with Gasteiger partial charge in [-0.3, -0.25) is 0 Å². The zero-order valence-corrected chi connectivity index (χ0v) is 5.78. The topological polar surface area (TPSA) is 0 Å². The molecule has 2 radical (unpaired) electrons. The zero-order chi connectivity index (χ0) is 6.41. The summed E-state index contributed by atoms with van der Waals surface area (Å²) in [6.07, 6.45) is 5.72. The van der Waals surface area contributed by atoms with Crippen LogP contribution in [0.5, 0.6) is 0 Å². The van der Waals surface area contributed by atoms with Crippen molar-refractivity contribution >= 4 is 0 Å². The molecule has 0 spiro atoms. The van der Waals surface area contributed by atoms with E-state index in [2.05, 4.69) is 13.0 Å². The van der Waals surface area contributed by atoms with E-state index in [9.17, 15) is 0 Å². The van der Waals surface area contributed by atoms with Gasteiger partial charge in [-0.1, -0.05) is 31.4 Å². The van der Waals surface area contributed by atoms with Crippen LogP contribution in [0.1, 0.15) is 33.1 Å². The van der Waals surface area contributed by atoms with E-state index in [-0.39, 0.29) is 0 Å². The largest absolute Gasteiger partial charge is 0.0853 e. The van der Waals surface area contributed by atoms with Crippen LogP contribution in [-0.2, 0) is 0 Å². The van der Waals surface area contributed by atoms with E-state index in [0.717, 1.165) is 12.0 Å². The van der Waals surface area contributed by atoms with E-state index in [4.69, 9.17) is 6.92 Å². The van der Waals surface area contributed by atoms with Crippen molar-refractivity contribution in [3.8, 4) is 0 Å². The van der Waals surface area contributed by atoms with Gasteiger partial charge in [0.1, 0.15) is 0 Å². The van der Waals surface area contributed by atoms with Crippen LogP contribution in [0.4, 0.5) is 0 Å². The molecular formula is C8H14. The van der Waals surface area contributed by atoms with Crippen LogP contribution in [-0.4, -0.2) is 0 Å². The first-order chi connectivity index (χ1) is 3.77. The smallest absolute Gasteiger partial charge is 0.00630 e. The minimum absolute atomic E-state index is 0.943. The van der Waals surface area contributed by atoms with E-state index >= 15 is 0 Å². The fourth-order valence-corrected chi connectivity index (χ4v) is 0.534. The molecule has 0 saturated heterocycles. The molecular weight excluding hydrogens is 96.1 g/mol. The third-order valence-electron chi connectivity index (χ3n) is 1.02. The molecule has 0 rings (SSSR count). The van der Waals surface area contributed by atoms with Gasteiger partial charge in [0, 0.05) is 0 Å². The number of hydrogen-bond donors (Lipinski definition) is 0. The normalized spacial score (nSPS) is 12.1. The Morgan fingerprint density at radius 2 is 2.25 bits per heavy atom. The standard InChI is InChI=1S/C8H14/c1-4-5-6-7-8(2)3/h2,7H,4-6H2,1,3H3. The number of allylic oxidation sites excluding steroid dienone is 2. The fraction of sp³-hybridized carbons (Fsp3) is 0.625. The average Bonchev–Trinajstić information content (AvgIpc) is 1.66. The fourth-order valence-electron chi connectivity index (χ4n) is 0.534. The molecule has 46 valence electrons. The molecule has 0 aromatic carbocycles. The summed E-state index contributed by atoms with van der Waals surface area (Å²) in [5.41, 5.74) is 0.943. The van der Waals surface area contributed by atoms with Gasteiger partial charge >= 0.3 is 0 Å². The summed E-state index contributed by atoms with van der Waals surface area (Å²) in [4.78, 5) is 0. The minimum atomic E-state index is 0.943. The first-order valence-corrected chi connectivity index (χ1v) is 3.19. The third kappa shape index (κ3) is 5.74. The van der Waals surface area contributed by atoms with Gasteiger partial charge < -0.3 is 0 Å². The Bertz CT molecular complexity index is 66.1. The lowest BCUT2D eigenvalue weighted by atomic mass is 10.2. The van der Waals surface area contributed by atoms with E-state index in [1.165, 1.54) is 12.8 Å². The predicted molar refractivity (Wildman–Crippen MR) is 37.6 cm³/mol. The third-order valence-corrected chi connectivity index (χ3v) is 1.02. The highest BCUT2D eigenvalue weighted by molar-refractivity contribution is 5.00. The number of hydrogen-bond acceptors (Lipinski definition) is 0. The molecule has 0 amide bonds. The molecule has 0 atom stereocenters. The minimum Gasteiger partial charge on any atom is -0.0853 e. The van der Waals surface area contributed by atoms with E-state index < -0.39 is 0 Å². The van der Waals surface area contributed by atoms with Crippen molar-refractivity contribution in [1.82, 2.24) is 0 Å². The highest BCUT2D eigenvalue weighted by atomic mass is 13.8. The van der Waals surface area contributed by atoms with Gasteiger partial charge in [-0.05, 0) is 20.3 Å². The summed E-state index contributed by atoms with van der Waals surface area (Å²) in [6.45, 7) is 9.50. The summed E-state index contributed by atoms with van der Waals surface area (Å²) in [6, 6.07) is 0. The highest BCUT2D eigenvalue weighted by Crippen LogP contribution is 1.98. The molecule has 0 saturated carbocycles. The van der Waals surface area contributed by atoms with Crippen LogP contribution in [0.3, 0.4) is 0 Å². The Morgan fingerprint density at radius 1 is 1.62 bits per heavy atom. The first kappa shape index (κ1) is 7.74. The molecule has 0 aromatic rings. The van der Waals surface area contributed by atoms with E-state index in [0.29, 0.717) is 0 Å². The van der Waals surface area contributed by atoms with Crippen molar-refractivity contribution in [2.75, 3.05) is 0 Å². The summed E-state index contributed by atoms with van der Waals surface area (Å²) in [7, 11) is 0. The van der Waals surface area contributed by atoms with Gasteiger partial charge in [-0.25, -0.2) is 0 Å². The van der Waals surface area contributed by atoms with Crippen LogP contribution in [0.15, 0.2) is 11.6 Å². The number of unbranched alkanes of at least 4 members (excludes halogenated alkanes) is 2. The molecule has 0 N–H and O–H groups in total. The second-order valence-corrected chi connectivity index (χ2v) is 2.09. The van der Waals surface area contributed by atoms with Crippen LogP contribution < -0.4 is 0 Å². The summed E-state index contributed by atoms with van der Waals surface area (Å²) >= 11 is 0. The lowest BCUT2D eigenvalue weighted by Crippen LogP contribution is -1.68. The monoisotopic (exact) mass is 110 g/mol. The second kappa shape index (κ2) is 4.89. The van der Waals surface area contributed by atoms with Crippen LogP contribution in [0.25, 0.3) is 0 Å². The predicted octanol–water partition coefficient (Wildman–Crippen LogP) is 2.83.